The van der Waals surface area contributed by atoms with Gasteiger partial charge in [-0.3, -0.25) is 4.79 Å². The Balaban J connectivity index is 2.17. The fourth-order valence-electron chi connectivity index (χ4n) is 2.51. The van der Waals surface area contributed by atoms with Crippen LogP contribution in [-0.2, 0) is 12.8 Å². The van der Waals surface area contributed by atoms with Crippen LogP contribution in [-0.4, -0.2) is 12.4 Å². The maximum Gasteiger partial charge on any atom is 0.167 e. The second kappa shape index (κ2) is 3.37. The van der Waals surface area contributed by atoms with Crippen LogP contribution in [0, 0.1) is 0 Å². The third-order valence-corrected chi connectivity index (χ3v) is 3.31. The monoisotopic (exact) mass is 202 g/mol. The highest BCUT2D eigenvalue weighted by atomic mass is 16.5. The third kappa shape index (κ3) is 1.36. The van der Waals surface area contributed by atoms with E-state index in [2.05, 4.69) is 12.1 Å². The van der Waals surface area contributed by atoms with Gasteiger partial charge in [0.2, 0.25) is 0 Å². The molecule has 2 heteroatoms. The highest BCUT2D eigenvalue weighted by Gasteiger charge is 2.26. The molecule has 0 bridgehead atoms. The van der Waals surface area contributed by atoms with E-state index in [1.165, 1.54) is 17.5 Å². The molecule has 15 heavy (non-hydrogen) atoms. The Bertz CT molecular complexity index is 421. The molecule has 1 aromatic carbocycles. The van der Waals surface area contributed by atoms with Crippen molar-refractivity contribution >= 4 is 5.78 Å². The summed E-state index contributed by atoms with van der Waals surface area (Å²) in [4.78, 5) is 11.8. The van der Waals surface area contributed by atoms with E-state index in [1.54, 1.807) is 0 Å². The van der Waals surface area contributed by atoms with Gasteiger partial charge in [0.1, 0.15) is 5.75 Å². The molecule has 0 atom stereocenters. The quantitative estimate of drug-likeness (QED) is 0.646. The molecule has 78 valence electrons. The molecule has 0 unspecified atom stereocenters. The third-order valence-electron chi connectivity index (χ3n) is 3.31. The number of fused-ring (bicyclic) bond motifs is 3. The first-order valence-electron chi connectivity index (χ1n) is 5.67. The summed E-state index contributed by atoms with van der Waals surface area (Å²) in [6, 6.07) is 4.24. The van der Waals surface area contributed by atoms with Crippen molar-refractivity contribution in [2.24, 2.45) is 0 Å². The lowest BCUT2D eigenvalue weighted by Crippen LogP contribution is -2.02. The standard InChI is InChI=1S/C13H14O2/c14-11-7-6-9-4-5-10-3-1-2-8-15-13(10)12(9)11/h4-5H,1-3,6-8H2. The van der Waals surface area contributed by atoms with Crippen molar-refractivity contribution in [3.63, 3.8) is 0 Å². The molecule has 0 aromatic heterocycles. The molecule has 0 amide bonds. The number of benzene rings is 1. The van der Waals surface area contributed by atoms with Gasteiger partial charge in [-0.05, 0) is 36.8 Å². The summed E-state index contributed by atoms with van der Waals surface area (Å²) >= 11 is 0. The Morgan fingerprint density at radius 3 is 2.80 bits per heavy atom. The number of carbonyl (C=O) groups is 1. The SMILES string of the molecule is O=C1CCc2ccc3c(c21)OCCCC3. The number of hydrogen-bond acceptors (Lipinski definition) is 2. The Labute approximate surface area is 89.2 Å². The minimum atomic E-state index is 0.267. The minimum Gasteiger partial charge on any atom is -0.493 e. The largest absolute Gasteiger partial charge is 0.493 e. The van der Waals surface area contributed by atoms with Gasteiger partial charge in [0, 0.05) is 6.42 Å². The number of Topliss-reactive ketones (excluding diaryl/α,β-unsaturated/α-hetero) is 1. The van der Waals surface area contributed by atoms with Crippen LogP contribution in [0.25, 0.3) is 0 Å². The van der Waals surface area contributed by atoms with Gasteiger partial charge in [0.15, 0.2) is 5.78 Å². The van der Waals surface area contributed by atoms with Gasteiger partial charge in [-0.2, -0.15) is 0 Å². The summed E-state index contributed by atoms with van der Waals surface area (Å²) in [6.07, 6.45) is 4.87. The summed E-state index contributed by atoms with van der Waals surface area (Å²) in [5.41, 5.74) is 3.29. The molecule has 1 aromatic rings. The van der Waals surface area contributed by atoms with Gasteiger partial charge in [0.05, 0.1) is 12.2 Å². The van der Waals surface area contributed by atoms with E-state index in [4.69, 9.17) is 4.74 Å². The summed E-state index contributed by atoms with van der Waals surface area (Å²) in [5, 5.41) is 0. The van der Waals surface area contributed by atoms with Crippen LogP contribution in [0.2, 0.25) is 0 Å². The van der Waals surface area contributed by atoms with Crippen LogP contribution in [0.3, 0.4) is 0 Å². The zero-order valence-electron chi connectivity index (χ0n) is 8.71. The Morgan fingerprint density at radius 2 is 1.87 bits per heavy atom. The first kappa shape index (κ1) is 8.96. The summed E-state index contributed by atoms with van der Waals surface area (Å²) in [6.45, 7) is 0.761. The highest BCUT2D eigenvalue weighted by Crippen LogP contribution is 2.35. The number of carbonyl (C=O) groups excluding carboxylic acids is 1. The van der Waals surface area contributed by atoms with Crippen molar-refractivity contribution in [3.8, 4) is 5.75 Å². The lowest BCUT2D eigenvalue weighted by Gasteiger charge is -2.11. The molecule has 0 N–H and O–H groups in total. The average Bonchev–Trinajstić information content (AvgIpc) is 2.51. The lowest BCUT2D eigenvalue weighted by molar-refractivity contribution is 0.0991. The molecule has 1 aliphatic heterocycles. The fraction of sp³-hybridized carbons (Fsp3) is 0.462. The topological polar surface area (TPSA) is 26.3 Å². The smallest absolute Gasteiger partial charge is 0.167 e. The molecule has 1 heterocycles. The maximum absolute atomic E-state index is 11.8. The Hall–Kier alpha value is -1.31. The zero-order chi connectivity index (χ0) is 10.3. The van der Waals surface area contributed by atoms with Crippen molar-refractivity contribution < 1.29 is 9.53 Å². The molecule has 2 aliphatic rings. The van der Waals surface area contributed by atoms with Gasteiger partial charge in [-0.25, -0.2) is 0 Å². The lowest BCUT2D eigenvalue weighted by atomic mass is 10.0. The predicted octanol–water partition coefficient (Wildman–Crippen LogP) is 2.53. The van der Waals surface area contributed by atoms with Gasteiger partial charge in [0.25, 0.3) is 0 Å². The van der Waals surface area contributed by atoms with E-state index in [9.17, 15) is 4.79 Å². The van der Waals surface area contributed by atoms with Gasteiger partial charge in [-0.1, -0.05) is 12.1 Å². The minimum absolute atomic E-state index is 0.267. The van der Waals surface area contributed by atoms with E-state index in [-0.39, 0.29) is 5.78 Å². The molecule has 0 saturated heterocycles. The zero-order valence-corrected chi connectivity index (χ0v) is 8.71. The fourth-order valence-corrected chi connectivity index (χ4v) is 2.51. The van der Waals surface area contributed by atoms with E-state index >= 15 is 0 Å². The van der Waals surface area contributed by atoms with E-state index in [0.717, 1.165) is 37.2 Å². The van der Waals surface area contributed by atoms with E-state index < -0.39 is 0 Å². The van der Waals surface area contributed by atoms with Crippen LogP contribution in [0.1, 0.15) is 40.7 Å². The summed E-state index contributed by atoms with van der Waals surface area (Å²) < 4.78 is 5.74. The number of ketones is 1. The second-order valence-corrected chi connectivity index (χ2v) is 4.32. The van der Waals surface area contributed by atoms with Gasteiger partial charge in [-0.15, -0.1) is 0 Å². The molecule has 0 radical (unpaired) electrons. The Kier molecular flexibility index (Phi) is 2.01. The van der Waals surface area contributed by atoms with Gasteiger partial charge < -0.3 is 4.74 Å². The molecular formula is C13H14O2. The van der Waals surface area contributed by atoms with E-state index in [0.29, 0.717) is 6.42 Å². The number of hydrogen-bond donors (Lipinski definition) is 0. The molecule has 0 saturated carbocycles. The van der Waals surface area contributed by atoms with Crippen LogP contribution >= 0.6 is 0 Å². The predicted molar refractivity (Wildman–Crippen MR) is 57.5 cm³/mol. The highest BCUT2D eigenvalue weighted by molar-refractivity contribution is 6.03. The van der Waals surface area contributed by atoms with Crippen molar-refractivity contribution in [1.29, 1.82) is 0 Å². The van der Waals surface area contributed by atoms with Crippen molar-refractivity contribution in [2.45, 2.75) is 32.1 Å². The van der Waals surface area contributed by atoms with Crippen molar-refractivity contribution in [1.82, 2.24) is 0 Å². The van der Waals surface area contributed by atoms with Crippen LogP contribution in [0.15, 0.2) is 12.1 Å². The van der Waals surface area contributed by atoms with Gasteiger partial charge >= 0.3 is 0 Å². The number of ether oxygens (including phenoxy) is 1. The van der Waals surface area contributed by atoms with Crippen LogP contribution in [0.4, 0.5) is 0 Å². The maximum atomic E-state index is 11.8. The number of aryl methyl sites for hydroxylation is 2. The normalized spacial score (nSPS) is 19.1. The number of rotatable bonds is 0. The molecule has 0 fully saturated rings. The first-order chi connectivity index (χ1) is 7.36. The Morgan fingerprint density at radius 1 is 1.00 bits per heavy atom. The molecule has 3 rings (SSSR count). The molecule has 2 nitrogen and oxygen atoms in total. The molecule has 1 aliphatic carbocycles. The average molecular weight is 202 g/mol. The summed E-state index contributed by atoms with van der Waals surface area (Å²) in [7, 11) is 0. The molecule has 0 spiro atoms. The van der Waals surface area contributed by atoms with Crippen molar-refractivity contribution in [3.05, 3.63) is 28.8 Å². The van der Waals surface area contributed by atoms with E-state index in [1.807, 2.05) is 0 Å². The van der Waals surface area contributed by atoms with Crippen molar-refractivity contribution in [2.75, 3.05) is 6.61 Å². The van der Waals surface area contributed by atoms with Crippen LogP contribution < -0.4 is 4.74 Å². The summed E-state index contributed by atoms with van der Waals surface area (Å²) in [5.74, 6) is 1.16. The molecular weight excluding hydrogens is 188 g/mol. The second-order valence-electron chi connectivity index (χ2n) is 4.32. The first-order valence-corrected chi connectivity index (χ1v) is 5.67. The van der Waals surface area contributed by atoms with Crippen LogP contribution in [0.5, 0.6) is 5.75 Å².